The highest BCUT2D eigenvalue weighted by Gasteiger charge is 2.43. The zero-order valence-corrected chi connectivity index (χ0v) is 10.8. The number of rotatable bonds is 5. The molecule has 4 nitrogen and oxygen atoms in total. The van der Waals surface area contributed by atoms with Crippen LogP contribution in [0.3, 0.4) is 0 Å². The van der Waals surface area contributed by atoms with Crippen LogP contribution in [0.1, 0.15) is 40.5 Å². The summed E-state index contributed by atoms with van der Waals surface area (Å²) in [6, 6.07) is 0.0853. The Kier molecular flexibility index (Phi) is 4.33. The normalized spacial score (nSPS) is 23.3. The van der Waals surface area contributed by atoms with Crippen LogP contribution in [0.4, 0.5) is 0 Å². The van der Waals surface area contributed by atoms with E-state index in [0.717, 1.165) is 12.8 Å². The molecule has 0 aromatic carbocycles. The van der Waals surface area contributed by atoms with Crippen molar-refractivity contribution in [3.63, 3.8) is 0 Å². The number of carbonyl (C=O) groups is 1. The van der Waals surface area contributed by atoms with Crippen molar-refractivity contribution >= 4 is 5.91 Å². The minimum Gasteiger partial charge on any atom is -0.387 e. The van der Waals surface area contributed by atoms with Gasteiger partial charge in [0.1, 0.15) is 0 Å². The average Bonchev–Trinajstić information content (AvgIpc) is 2.23. The number of likely N-dealkylation sites (tertiary alicyclic amines) is 1. The van der Waals surface area contributed by atoms with Gasteiger partial charge in [0.05, 0.1) is 11.6 Å². The van der Waals surface area contributed by atoms with E-state index in [1.807, 2.05) is 25.7 Å². The van der Waals surface area contributed by atoms with Crippen molar-refractivity contribution in [2.24, 2.45) is 0 Å². The summed E-state index contributed by atoms with van der Waals surface area (Å²) in [5.41, 5.74) is -0.565. The number of carbonyl (C=O) groups excluding carboxylic acids is 1. The quantitative estimate of drug-likeness (QED) is 0.730. The van der Waals surface area contributed by atoms with Crippen molar-refractivity contribution < 1.29 is 9.90 Å². The van der Waals surface area contributed by atoms with Crippen molar-refractivity contribution in [1.29, 1.82) is 0 Å². The molecule has 1 aliphatic rings. The predicted octanol–water partition coefficient (Wildman–Crippen LogP) is 0.746. The molecular formula is C12H24N2O2. The van der Waals surface area contributed by atoms with Gasteiger partial charge in [-0.15, -0.1) is 0 Å². The first-order valence-electron chi connectivity index (χ1n) is 6.18. The molecule has 0 saturated carbocycles. The van der Waals surface area contributed by atoms with E-state index in [-0.39, 0.29) is 18.0 Å². The van der Waals surface area contributed by atoms with Crippen molar-refractivity contribution in [1.82, 2.24) is 10.2 Å². The fourth-order valence-electron chi connectivity index (χ4n) is 1.84. The van der Waals surface area contributed by atoms with Crippen LogP contribution < -0.4 is 5.32 Å². The molecule has 94 valence electrons. The van der Waals surface area contributed by atoms with Gasteiger partial charge in [-0.2, -0.15) is 0 Å². The number of aliphatic hydroxyl groups is 1. The molecule has 1 aliphatic heterocycles. The number of amides is 1. The van der Waals surface area contributed by atoms with Crippen LogP contribution in [0.15, 0.2) is 0 Å². The predicted molar refractivity (Wildman–Crippen MR) is 64.2 cm³/mol. The van der Waals surface area contributed by atoms with E-state index < -0.39 is 5.60 Å². The van der Waals surface area contributed by atoms with Crippen molar-refractivity contribution in [3.05, 3.63) is 0 Å². The van der Waals surface area contributed by atoms with Crippen LogP contribution in [0.25, 0.3) is 0 Å². The molecule has 1 amide bonds. The summed E-state index contributed by atoms with van der Waals surface area (Å²) in [6.07, 6.45) is 1.69. The van der Waals surface area contributed by atoms with Gasteiger partial charge in [-0.05, 0) is 26.7 Å². The maximum Gasteiger partial charge on any atom is 0.237 e. The summed E-state index contributed by atoms with van der Waals surface area (Å²) < 4.78 is 0. The second kappa shape index (κ2) is 5.15. The van der Waals surface area contributed by atoms with Crippen LogP contribution in [0.5, 0.6) is 0 Å². The second-order valence-electron chi connectivity index (χ2n) is 4.98. The monoisotopic (exact) mass is 228 g/mol. The third kappa shape index (κ3) is 2.95. The fraction of sp³-hybridized carbons (Fsp3) is 0.917. The molecule has 1 fully saturated rings. The van der Waals surface area contributed by atoms with Gasteiger partial charge < -0.3 is 10.4 Å². The Hall–Kier alpha value is -0.610. The highest BCUT2D eigenvalue weighted by Crippen LogP contribution is 2.25. The van der Waals surface area contributed by atoms with E-state index in [4.69, 9.17) is 0 Å². The smallest absolute Gasteiger partial charge is 0.237 e. The molecule has 0 aromatic heterocycles. The summed E-state index contributed by atoms with van der Waals surface area (Å²) in [4.78, 5) is 13.8. The van der Waals surface area contributed by atoms with Crippen molar-refractivity contribution in [2.75, 3.05) is 13.1 Å². The standard InChI is InChI=1S/C12H24N2O2/c1-5-9(3)13-11(15)10(4)14-7-12(16,6-2)8-14/h9-10,16H,5-8H2,1-4H3,(H,13,15). The van der Waals surface area contributed by atoms with E-state index >= 15 is 0 Å². The first-order chi connectivity index (χ1) is 7.41. The van der Waals surface area contributed by atoms with E-state index in [2.05, 4.69) is 12.2 Å². The van der Waals surface area contributed by atoms with Gasteiger partial charge in [0.2, 0.25) is 5.91 Å². The minimum absolute atomic E-state index is 0.0625. The lowest BCUT2D eigenvalue weighted by Gasteiger charge is -2.48. The van der Waals surface area contributed by atoms with Gasteiger partial charge in [-0.3, -0.25) is 9.69 Å². The Morgan fingerprint density at radius 2 is 2.00 bits per heavy atom. The van der Waals surface area contributed by atoms with Crippen molar-refractivity contribution in [3.8, 4) is 0 Å². The number of nitrogens with one attached hydrogen (secondary N) is 1. The molecular weight excluding hydrogens is 204 g/mol. The number of hydrogen-bond donors (Lipinski definition) is 2. The summed E-state index contributed by atoms with van der Waals surface area (Å²) in [6.45, 7) is 9.14. The van der Waals surface area contributed by atoms with E-state index in [0.29, 0.717) is 13.1 Å². The van der Waals surface area contributed by atoms with Crippen LogP contribution in [0, 0.1) is 0 Å². The highest BCUT2D eigenvalue weighted by atomic mass is 16.3. The summed E-state index contributed by atoms with van der Waals surface area (Å²) in [5, 5.41) is 12.8. The lowest BCUT2D eigenvalue weighted by molar-refractivity contribution is -0.143. The molecule has 0 bridgehead atoms. The highest BCUT2D eigenvalue weighted by molar-refractivity contribution is 5.81. The Bertz CT molecular complexity index is 249. The largest absolute Gasteiger partial charge is 0.387 e. The van der Waals surface area contributed by atoms with Gasteiger partial charge in [-0.25, -0.2) is 0 Å². The third-order valence-electron chi connectivity index (χ3n) is 3.58. The molecule has 16 heavy (non-hydrogen) atoms. The maximum absolute atomic E-state index is 11.8. The number of hydrogen-bond acceptors (Lipinski definition) is 3. The van der Waals surface area contributed by atoms with Gasteiger partial charge in [0.15, 0.2) is 0 Å². The second-order valence-corrected chi connectivity index (χ2v) is 4.98. The van der Waals surface area contributed by atoms with Gasteiger partial charge in [0.25, 0.3) is 0 Å². The average molecular weight is 228 g/mol. The van der Waals surface area contributed by atoms with E-state index in [9.17, 15) is 9.90 Å². The zero-order chi connectivity index (χ0) is 12.3. The molecule has 4 heteroatoms. The summed E-state index contributed by atoms with van der Waals surface area (Å²) in [5.74, 6) is 0.0625. The van der Waals surface area contributed by atoms with Gasteiger partial charge in [0, 0.05) is 19.1 Å². The first-order valence-corrected chi connectivity index (χ1v) is 6.18. The van der Waals surface area contributed by atoms with Crippen LogP contribution in [-0.2, 0) is 4.79 Å². The lowest BCUT2D eigenvalue weighted by Crippen LogP contribution is -2.66. The summed E-state index contributed by atoms with van der Waals surface area (Å²) >= 11 is 0. The molecule has 2 unspecified atom stereocenters. The van der Waals surface area contributed by atoms with Crippen molar-refractivity contribution in [2.45, 2.75) is 58.2 Å². The Balaban J connectivity index is 2.36. The van der Waals surface area contributed by atoms with E-state index in [1.54, 1.807) is 0 Å². The molecule has 1 rings (SSSR count). The zero-order valence-electron chi connectivity index (χ0n) is 10.8. The first kappa shape index (κ1) is 13.5. The molecule has 1 saturated heterocycles. The SMILES string of the molecule is CCC(C)NC(=O)C(C)N1CC(O)(CC)C1. The molecule has 2 atom stereocenters. The Morgan fingerprint density at radius 1 is 1.44 bits per heavy atom. The van der Waals surface area contributed by atoms with Crippen LogP contribution in [-0.4, -0.2) is 46.7 Å². The van der Waals surface area contributed by atoms with Gasteiger partial charge in [-0.1, -0.05) is 13.8 Å². The molecule has 2 N–H and O–H groups in total. The third-order valence-corrected chi connectivity index (χ3v) is 3.58. The van der Waals surface area contributed by atoms with E-state index in [1.165, 1.54) is 0 Å². The molecule has 0 spiro atoms. The molecule has 1 heterocycles. The van der Waals surface area contributed by atoms with Crippen LogP contribution >= 0.6 is 0 Å². The lowest BCUT2D eigenvalue weighted by atomic mass is 9.90. The fourth-order valence-corrected chi connectivity index (χ4v) is 1.84. The Labute approximate surface area is 98.0 Å². The number of nitrogens with zero attached hydrogens (tertiary/aromatic N) is 1. The number of β-amino-alcohol motifs (C(OH)–C–C–N with tert-alkyl or cyclic N) is 1. The van der Waals surface area contributed by atoms with Crippen LogP contribution in [0.2, 0.25) is 0 Å². The minimum atomic E-state index is -0.565. The molecule has 0 radical (unpaired) electrons. The van der Waals surface area contributed by atoms with Gasteiger partial charge >= 0.3 is 0 Å². The Morgan fingerprint density at radius 3 is 2.44 bits per heavy atom. The molecule has 0 aliphatic carbocycles. The molecule has 0 aromatic rings. The summed E-state index contributed by atoms with van der Waals surface area (Å²) in [7, 11) is 0. The topological polar surface area (TPSA) is 52.6 Å². The maximum atomic E-state index is 11.8.